The number of aromatic nitrogens is 2. The summed E-state index contributed by atoms with van der Waals surface area (Å²) in [5.74, 6) is -0.495. The molecule has 0 fully saturated rings. The molecule has 0 bridgehead atoms. The molecule has 1 N–H and O–H groups in total. The van der Waals surface area contributed by atoms with Gasteiger partial charge in [-0.15, -0.1) is 10.2 Å². The van der Waals surface area contributed by atoms with E-state index in [4.69, 9.17) is 16.3 Å². The summed E-state index contributed by atoms with van der Waals surface area (Å²) in [5, 5.41) is 11.6. The molecule has 3 rings (SSSR count). The Morgan fingerprint density at radius 2 is 2.28 bits per heavy atom. The quantitative estimate of drug-likeness (QED) is 0.824. The zero-order chi connectivity index (χ0) is 18.0. The summed E-state index contributed by atoms with van der Waals surface area (Å²) in [6.07, 6.45) is 0. The fourth-order valence-corrected chi connectivity index (χ4v) is 3.26. The number of nitrogens with zero attached hydrogens (tertiary/aromatic N) is 3. The van der Waals surface area contributed by atoms with E-state index in [0.717, 1.165) is 0 Å². The number of hydrogen-bond donors (Lipinski definition) is 1. The third kappa shape index (κ3) is 3.54. The van der Waals surface area contributed by atoms with Gasteiger partial charge in [0.1, 0.15) is 17.4 Å². The van der Waals surface area contributed by atoms with Crippen molar-refractivity contribution in [3.63, 3.8) is 0 Å². The average Bonchev–Trinajstić information content (AvgIpc) is 3.08. The fraction of sp³-hybridized carbons (Fsp3) is 0.250. The number of hydrogen-bond acceptors (Lipinski definition) is 7. The van der Waals surface area contributed by atoms with Crippen LogP contribution in [-0.4, -0.2) is 28.6 Å². The summed E-state index contributed by atoms with van der Waals surface area (Å²) in [5.41, 5.74) is 2.99. The molecule has 1 aliphatic heterocycles. The van der Waals surface area contributed by atoms with Crippen molar-refractivity contribution in [2.45, 2.75) is 19.9 Å². The van der Waals surface area contributed by atoms with Gasteiger partial charge in [-0.25, -0.2) is 9.18 Å². The summed E-state index contributed by atoms with van der Waals surface area (Å²) in [4.78, 5) is 17.0. The first-order valence-electron chi connectivity index (χ1n) is 7.45. The molecule has 2 heterocycles. The highest BCUT2D eigenvalue weighted by atomic mass is 35.5. The molecular weight excluding hydrogens is 367 g/mol. The van der Waals surface area contributed by atoms with Crippen LogP contribution >= 0.6 is 22.9 Å². The lowest BCUT2D eigenvalue weighted by molar-refractivity contribution is -0.138. The molecule has 0 spiro atoms. The summed E-state index contributed by atoms with van der Waals surface area (Å²) in [7, 11) is 0. The highest BCUT2D eigenvalue weighted by Gasteiger charge is 2.32. The first kappa shape index (κ1) is 17.5. The lowest BCUT2D eigenvalue weighted by atomic mass is 9.96. The van der Waals surface area contributed by atoms with Crippen LogP contribution in [0.5, 0.6) is 0 Å². The predicted molar refractivity (Wildman–Crippen MR) is 93.1 cm³/mol. The zero-order valence-electron chi connectivity index (χ0n) is 13.4. The van der Waals surface area contributed by atoms with Crippen molar-refractivity contribution in [1.82, 2.24) is 15.5 Å². The lowest BCUT2D eigenvalue weighted by Crippen LogP contribution is -2.32. The average molecular weight is 381 g/mol. The van der Waals surface area contributed by atoms with Crippen LogP contribution in [0, 0.1) is 5.82 Å². The fourth-order valence-electron chi connectivity index (χ4n) is 2.48. The van der Waals surface area contributed by atoms with Crippen molar-refractivity contribution in [3.05, 3.63) is 56.4 Å². The van der Waals surface area contributed by atoms with Gasteiger partial charge in [0, 0.05) is 16.3 Å². The lowest BCUT2D eigenvalue weighted by Gasteiger charge is -2.25. The summed E-state index contributed by atoms with van der Waals surface area (Å²) < 4.78 is 18.6. The van der Waals surface area contributed by atoms with Gasteiger partial charge in [0.25, 0.3) is 0 Å². The van der Waals surface area contributed by atoms with E-state index in [1.165, 1.54) is 29.5 Å². The number of allylic oxidation sites excluding steroid dienone is 1. The molecule has 0 radical (unpaired) electrons. The number of amidine groups is 1. The van der Waals surface area contributed by atoms with Gasteiger partial charge >= 0.3 is 5.97 Å². The van der Waals surface area contributed by atoms with E-state index in [-0.39, 0.29) is 11.6 Å². The van der Waals surface area contributed by atoms with Crippen LogP contribution in [0.4, 0.5) is 4.39 Å². The maximum absolute atomic E-state index is 13.4. The molecule has 0 amide bonds. The Morgan fingerprint density at radius 3 is 2.92 bits per heavy atom. The van der Waals surface area contributed by atoms with Gasteiger partial charge in [-0.05, 0) is 26.0 Å². The Balaban J connectivity index is 2.11. The number of esters is 1. The van der Waals surface area contributed by atoms with Crippen LogP contribution in [0.2, 0.25) is 5.02 Å². The Labute approximate surface area is 152 Å². The maximum atomic E-state index is 13.4. The molecule has 1 aromatic carbocycles. The zero-order valence-corrected chi connectivity index (χ0v) is 15.0. The topological polar surface area (TPSA) is 76.5 Å². The third-order valence-corrected chi connectivity index (χ3v) is 4.58. The minimum atomic E-state index is -0.729. The van der Waals surface area contributed by atoms with Gasteiger partial charge in [-0.3, -0.25) is 4.99 Å². The van der Waals surface area contributed by atoms with Crippen LogP contribution < -0.4 is 5.32 Å². The summed E-state index contributed by atoms with van der Waals surface area (Å²) in [6.45, 7) is 3.69. The molecule has 6 nitrogen and oxygen atoms in total. The molecule has 0 aliphatic carbocycles. The molecule has 2 aromatic rings. The summed E-state index contributed by atoms with van der Waals surface area (Å²) in [6, 6.07) is 3.26. The van der Waals surface area contributed by atoms with Crippen molar-refractivity contribution < 1.29 is 13.9 Å². The molecular formula is C16H14ClFN4O2S. The van der Waals surface area contributed by atoms with Crippen LogP contribution in [0.1, 0.15) is 30.5 Å². The number of benzene rings is 1. The van der Waals surface area contributed by atoms with Crippen molar-refractivity contribution in [3.8, 4) is 0 Å². The van der Waals surface area contributed by atoms with Gasteiger partial charge in [0.05, 0.1) is 12.2 Å². The molecule has 1 aromatic heterocycles. The number of nitrogens with one attached hydrogen (secondary N) is 1. The van der Waals surface area contributed by atoms with Crippen LogP contribution in [0.25, 0.3) is 0 Å². The molecule has 1 atom stereocenters. The SMILES string of the molecule is CCOC(=O)C1=C(C)NC(c2nncs2)=NC1c1ccc(F)cc1Cl. The Kier molecular flexibility index (Phi) is 5.10. The van der Waals surface area contributed by atoms with Crippen LogP contribution in [0.15, 0.2) is 40.0 Å². The highest BCUT2D eigenvalue weighted by molar-refractivity contribution is 7.11. The van der Waals surface area contributed by atoms with E-state index < -0.39 is 17.8 Å². The van der Waals surface area contributed by atoms with Gasteiger partial charge in [-0.1, -0.05) is 29.0 Å². The molecule has 1 unspecified atom stereocenters. The molecule has 9 heteroatoms. The Morgan fingerprint density at radius 1 is 1.48 bits per heavy atom. The third-order valence-electron chi connectivity index (χ3n) is 3.56. The minimum absolute atomic E-state index is 0.182. The van der Waals surface area contributed by atoms with Crippen LogP contribution in [0.3, 0.4) is 0 Å². The minimum Gasteiger partial charge on any atom is -0.463 e. The van der Waals surface area contributed by atoms with E-state index in [9.17, 15) is 9.18 Å². The normalized spacial score (nSPS) is 17.1. The van der Waals surface area contributed by atoms with E-state index in [2.05, 4.69) is 20.5 Å². The predicted octanol–water partition coefficient (Wildman–Crippen LogP) is 3.26. The number of halogens is 2. The second-order valence-corrected chi connectivity index (χ2v) is 6.41. The number of ether oxygens (including phenoxy) is 1. The molecule has 0 saturated carbocycles. The second kappa shape index (κ2) is 7.28. The van der Waals surface area contributed by atoms with E-state index in [0.29, 0.717) is 27.7 Å². The van der Waals surface area contributed by atoms with Crippen molar-refractivity contribution in [2.24, 2.45) is 4.99 Å². The van der Waals surface area contributed by atoms with Crippen LogP contribution in [-0.2, 0) is 9.53 Å². The van der Waals surface area contributed by atoms with E-state index in [1.807, 2.05) is 0 Å². The molecule has 1 aliphatic rings. The highest BCUT2D eigenvalue weighted by Crippen LogP contribution is 2.36. The first-order chi connectivity index (χ1) is 12.0. The number of rotatable bonds is 4. The Hall–Kier alpha value is -2.32. The largest absolute Gasteiger partial charge is 0.463 e. The Bertz CT molecular complexity index is 867. The second-order valence-electron chi connectivity index (χ2n) is 5.17. The summed E-state index contributed by atoms with van der Waals surface area (Å²) >= 11 is 7.51. The number of aliphatic imine (C=N–C) groups is 1. The van der Waals surface area contributed by atoms with E-state index in [1.54, 1.807) is 19.4 Å². The van der Waals surface area contributed by atoms with Gasteiger partial charge in [-0.2, -0.15) is 0 Å². The van der Waals surface area contributed by atoms with Gasteiger partial charge < -0.3 is 10.1 Å². The number of carbonyl (C=O) groups excluding carboxylic acids is 1. The van der Waals surface area contributed by atoms with Gasteiger partial charge in [0.15, 0.2) is 10.8 Å². The molecule has 130 valence electrons. The molecule has 0 saturated heterocycles. The van der Waals surface area contributed by atoms with Crippen molar-refractivity contribution >= 4 is 34.7 Å². The van der Waals surface area contributed by atoms with E-state index >= 15 is 0 Å². The van der Waals surface area contributed by atoms with Crippen molar-refractivity contribution in [1.29, 1.82) is 0 Å². The first-order valence-corrected chi connectivity index (χ1v) is 8.71. The maximum Gasteiger partial charge on any atom is 0.338 e. The monoisotopic (exact) mass is 380 g/mol. The number of carbonyl (C=O) groups is 1. The van der Waals surface area contributed by atoms with Crippen molar-refractivity contribution in [2.75, 3.05) is 6.61 Å². The standard InChI is InChI=1S/C16H14ClFN4O2S/c1-3-24-16(23)12-8(2)20-14(15-22-19-7-25-15)21-13(12)10-5-4-9(18)6-11(10)17/h4-7,13H,3H2,1-2H3,(H,20,21). The molecule has 25 heavy (non-hydrogen) atoms. The smallest absolute Gasteiger partial charge is 0.338 e. The van der Waals surface area contributed by atoms with Gasteiger partial charge in [0.2, 0.25) is 0 Å².